The maximum Gasteiger partial charge on any atom is 0.266 e. The van der Waals surface area contributed by atoms with Gasteiger partial charge in [0.2, 0.25) is 5.91 Å². The Hall–Kier alpha value is -3.50. The molecule has 1 amide bonds. The summed E-state index contributed by atoms with van der Waals surface area (Å²) in [6.07, 6.45) is 1.50. The molecule has 0 atom stereocenters. The molecule has 0 saturated carbocycles. The van der Waals surface area contributed by atoms with Crippen LogP contribution in [0.3, 0.4) is 0 Å². The highest BCUT2D eigenvalue weighted by Gasteiger charge is 2.29. The minimum absolute atomic E-state index is 0.0866. The quantitative estimate of drug-likeness (QED) is 0.446. The molecule has 0 radical (unpaired) electrons. The van der Waals surface area contributed by atoms with Gasteiger partial charge < -0.3 is 5.32 Å². The number of thiazole rings is 1. The Morgan fingerprint density at radius 2 is 1.81 bits per heavy atom. The van der Waals surface area contributed by atoms with Gasteiger partial charge in [0.15, 0.2) is 5.13 Å². The van der Waals surface area contributed by atoms with Gasteiger partial charge in [-0.15, -0.1) is 11.3 Å². The number of hydrogen-bond donors (Lipinski definition) is 1. The van der Waals surface area contributed by atoms with Crippen LogP contribution in [0.2, 0.25) is 0 Å². The molecule has 0 aliphatic carbocycles. The van der Waals surface area contributed by atoms with Crippen molar-refractivity contribution in [2.45, 2.75) is 18.7 Å². The van der Waals surface area contributed by atoms with Crippen LogP contribution in [0.15, 0.2) is 77.1 Å². The Morgan fingerprint density at radius 3 is 2.47 bits per heavy atom. The van der Waals surface area contributed by atoms with Crippen molar-refractivity contribution in [1.82, 2.24) is 14.8 Å². The van der Waals surface area contributed by atoms with Crippen molar-refractivity contribution < 1.29 is 13.2 Å². The van der Waals surface area contributed by atoms with E-state index < -0.39 is 22.5 Å². The molecular weight excluding hydrogens is 446 g/mol. The van der Waals surface area contributed by atoms with Crippen molar-refractivity contribution >= 4 is 38.2 Å². The van der Waals surface area contributed by atoms with Gasteiger partial charge >= 0.3 is 0 Å². The first-order chi connectivity index (χ1) is 15.3. The number of rotatable bonds is 7. The molecule has 0 fully saturated rings. The van der Waals surface area contributed by atoms with Gasteiger partial charge in [0.1, 0.15) is 12.4 Å². The number of sulfonamides is 1. The lowest BCUT2D eigenvalue weighted by atomic mass is 10.2. The SMILES string of the molecule is Cc1ccc(-n2nc(C)cc2NC(=O)CN(c2nccs2)S(=O)(=O)c2ccccc2)cc1. The normalized spacial score (nSPS) is 11.3. The molecule has 2 aromatic heterocycles. The number of carbonyl (C=O) groups is 1. The number of nitrogens with one attached hydrogen (secondary N) is 1. The molecular formula is C22H21N5O3S2. The highest BCUT2D eigenvalue weighted by atomic mass is 32.2. The topological polar surface area (TPSA) is 97.2 Å². The fourth-order valence-electron chi connectivity index (χ4n) is 3.10. The van der Waals surface area contributed by atoms with E-state index in [-0.39, 0.29) is 10.0 Å². The smallest absolute Gasteiger partial charge is 0.266 e. The summed E-state index contributed by atoms with van der Waals surface area (Å²) in [6.45, 7) is 3.38. The maximum absolute atomic E-state index is 13.2. The van der Waals surface area contributed by atoms with Gasteiger partial charge in [-0.25, -0.2) is 22.4 Å². The summed E-state index contributed by atoms with van der Waals surface area (Å²) in [4.78, 5) is 17.2. The Balaban J connectivity index is 1.62. The summed E-state index contributed by atoms with van der Waals surface area (Å²) < 4.78 is 29.1. The van der Waals surface area contributed by atoms with Crippen LogP contribution in [0.1, 0.15) is 11.3 Å². The number of nitrogens with zero attached hydrogens (tertiary/aromatic N) is 4. The monoisotopic (exact) mass is 467 g/mol. The van der Waals surface area contributed by atoms with E-state index in [2.05, 4.69) is 15.4 Å². The highest BCUT2D eigenvalue weighted by Crippen LogP contribution is 2.26. The maximum atomic E-state index is 13.2. The van der Waals surface area contributed by atoms with Crippen LogP contribution in [-0.2, 0) is 14.8 Å². The molecule has 2 aromatic carbocycles. The summed E-state index contributed by atoms with van der Waals surface area (Å²) in [6, 6.07) is 17.4. The van der Waals surface area contributed by atoms with Crippen molar-refractivity contribution in [1.29, 1.82) is 0 Å². The second kappa shape index (κ2) is 8.93. The second-order valence-electron chi connectivity index (χ2n) is 7.11. The average molecular weight is 468 g/mol. The van der Waals surface area contributed by atoms with E-state index >= 15 is 0 Å². The lowest BCUT2D eigenvalue weighted by Gasteiger charge is -2.21. The van der Waals surface area contributed by atoms with Crippen LogP contribution in [-0.4, -0.2) is 35.6 Å². The summed E-state index contributed by atoms with van der Waals surface area (Å²) in [5, 5.41) is 9.12. The number of benzene rings is 2. The zero-order valence-electron chi connectivity index (χ0n) is 17.5. The van der Waals surface area contributed by atoms with Gasteiger partial charge in [-0.1, -0.05) is 35.9 Å². The Morgan fingerprint density at radius 1 is 1.09 bits per heavy atom. The molecule has 0 spiro atoms. The van der Waals surface area contributed by atoms with E-state index in [0.717, 1.165) is 32.6 Å². The fraction of sp³-hybridized carbons (Fsp3) is 0.136. The van der Waals surface area contributed by atoms with Gasteiger partial charge in [0.05, 0.1) is 16.3 Å². The molecule has 2 heterocycles. The molecule has 0 aliphatic rings. The molecule has 0 aliphatic heterocycles. The largest absolute Gasteiger partial charge is 0.309 e. The molecule has 0 bridgehead atoms. The van der Waals surface area contributed by atoms with Crippen LogP contribution >= 0.6 is 11.3 Å². The van der Waals surface area contributed by atoms with Crippen LogP contribution in [0.25, 0.3) is 5.69 Å². The molecule has 32 heavy (non-hydrogen) atoms. The van der Waals surface area contributed by atoms with E-state index in [9.17, 15) is 13.2 Å². The molecule has 0 unspecified atom stereocenters. The third-order valence-corrected chi connectivity index (χ3v) is 7.29. The predicted octanol–water partition coefficient (Wildman–Crippen LogP) is 3.78. The summed E-state index contributed by atoms with van der Waals surface area (Å²) in [5.74, 6) is -0.0551. The van der Waals surface area contributed by atoms with E-state index in [4.69, 9.17) is 0 Å². The number of carbonyl (C=O) groups excluding carboxylic acids is 1. The number of hydrogen-bond acceptors (Lipinski definition) is 6. The Kier molecular flexibility index (Phi) is 6.06. The zero-order valence-corrected chi connectivity index (χ0v) is 19.1. The fourth-order valence-corrected chi connectivity index (χ4v) is 5.36. The first-order valence-electron chi connectivity index (χ1n) is 9.75. The zero-order chi connectivity index (χ0) is 22.7. The van der Waals surface area contributed by atoms with E-state index in [0.29, 0.717) is 5.82 Å². The van der Waals surface area contributed by atoms with Gasteiger partial charge in [-0.3, -0.25) is 4.79 Å². The molecule has 4 aromatic rings. The number of amides is 1. The van der Waals surface area contributed by atoms with Crippen molar-refractivity contribution in [2.75, 3.05) is 16.2 Å². The van der Waals surface area contributed by atoms with Crippen molar-refractivity contribution in [3.05, 3.63) is 83.5 Å². The van der Waals surface area contributed by atoms with Gasteiger partial charge in [0, 0.05) is 17.6 Å². The lowest BCUT2D eigenvalue weighted by Crippen LogP contribution is -2.38. The van der Waals surface area contributed by atoms with Crippen molar-refractivity contribution in [3.63, 3.8) is 0 Å². The predicted molar refractivity (Wildman–Crippen MR) is 125 cm³/mol. The minimum atomic E-state index is -3.98. The standard InChI is InChI=1S/C22H21N5O3S2/c1-16-8-10-18(11-9-16)27-20(14-17(2)25-27)24-21(28)15-26(22-23-12-13-31-22)32(29,30)19-6-4-3-5-7-19/h3-14H,15H2,1-2H3,(H,24,28). The number of anilines is 2. The second-order valence-corrected chi connectivity index (χ2v) is 9.84. The van der Waals surface area contributed by atoms with Crippen LogP contribution in [0.4, 0.5) is 10.9 Å². The molecule has 0 saturated heterocycles. The number of aromatic nitrogens is 3. The molecule has 10 heteroatoms. The van der Waals surface area contributed by atoms with Crippen molar-refractivity contribution in [3.8, 4) is 5.69 Å². The molecule has 1 N–H and O–H groups in total. The summed E-state index contributed by atoms with van der Waals surface area (Å²) in [7, 11) is -3.98. The average Bonchev–Trinajstić information content (AvgIpc) is 3.43. The third kappa shape index (κ3) is 4.56. The Labute approximate surface area is 190 Å². The molecule has 164 valence electrons. The minimum Gasteiger partial charge on any atom is -0.309 e. The first kappa shape index (κ1) is 21.7. The summed E-state index contributed by atoms with van der Waals surface area (Å²) in [5.41, 5.74) is 2.61. The highest BCUT2D eigenvalue weighted by molar-refractivity contribution is 7.93. The van der Waals surface area contributed by atoms with Crippen LogP contribution in [0.5, 0.6) is 0 Å². The Bertz CT molecular complexity index is 1320. The third-order valence-electron chi connectivity index (χ3n) is 4.63. The van der Waals surface area contributed by atoms with Gasteiger partial charge in [0.25, 0.3) is 10.0 Å². The molecule has 8 nitrogen and oxygen atoms in total. The molecule has 4 rings (SSSR count). The van der Waals surface area contributed by atoms with Crippen molar-refractivity contribution in [2.24, 2.45) is 0 Å². The van der Waals surface area contributed by atoms with Crippen LogP contribution in [0, 0.1) is 13.8 Å². The van der Waals surface area contributed by atoms with E-state index in [1.54, 1.807) is 34.3 Å². The summed E-state index contributed by atoms with van der Waals surface area (Å²) >= 11 is 1.14. The van der Waals surface area contributed by atoms with E-state index in [1.807, 2.05) is 38.1 Å². The number of aryl methyl sites for hydroxylation is 2. The van der Waals surface area contributed by atoms with Gasteiger partial charge in [-0.2, -0.15) is 5.10 Å². The van der Waals surface area contributed by atoms with Gasteiger partial charge in [-0.05, 0) is 38.1 Å². The first-order valence-corrected chi connectivity index (χ1v) is 12.1. The van der Waals surface area contributed by atoms with E-state index in [1.165, 1.54) is 18.3 Å². The van der Waals surface area contributed by atoms with Crippen LogP contribution < -0.4 is 9.62 Å². The lowest BCUT2D eigenvalue weighted by molar-refractivity contribution is -0.114.